The maximum absolute atomic E-state index is 12.1. The fourth-order valence-electron chi connectivity index (χ4n) is 2.49. The number of methoxy groups -OCH3 is 2. The van der Waals surface area contributed by atoms with Gasteiger partial charge >= 0.3 is 11.9 Å². The van der Waals surface area contributed by atoms with Crippen molar-refractivity contribution in [2.24, 2.45) is 0 Å². The molecule has 6 nitrogen and oxygen atoms in total. The molecular formula is C18H28N2O4S2. The van der Waals surface area contributed by atoms with Crippen molar-refractivity contribution < 1.29 is 19.1 Å². The van der Waals surface area contributed by atoms with E-state index in [4.69, 9.17) is 21.7 Å². The number of rotatable bonds is 10. The summed E-state index contributed by atoms with van der Waals surface area (Å²) in [7, 11) is 2.61. The number of thiocarbonyl (C=S) groups is 1. The van der Waals surface area contributed by atoms with Gasteiger partial charge in [-0.1, -0.05) is 39.0 Å². The van der Waals surface area contributed by atoms with Crippen molar-refractivity contribution in [2.45, 2.75) is 52.4 Å². The van der Waals surface area contributed by atoms with Crippen molar-refractivity contribution in [3.8, 4) is 0 Å². The summed E-state index contributed by atoms with van der Waals surface area (Å²) in [5.41, 5.74) is 0.830. The molecule has 0 spiro atoms. The molecule has 0 aliphatic rings. The minimum absolute atomic E-state index is 0.307. The van der Waals surface area contributed by atoms with E-state index >= 15 is 0 Å². The van der Waals surface area contributed by atoms with E-state index in [0.717, 1.165) is 30.7 Å². The van der Waals surface area contributed by atoms with Crippen LogP contribution in [-0.2, 0) is 9.47 Å². The van der Waals surface area contributed by atoms with Gasteiger partial charge in [0.05, 0.1) is 19.8 Å². The van der Waals surface area contributed by atoms with Crippen LogP contribution in [0.2, 0.25) is 0 Å². The van der Waals surface area contributed by atoms with Crippen LogP contribution in [0.1, 0.15) is 71.0 Å². The normalized spacial score (nSPS) is 10.3. The molecule has 1 aromatic rings. The topological polar surface area (TPSA) is 76.7 Å². The van der Waals surface area contributed by atoms with Crippen molar-refractivity contribution in [3.05, 3.63) is 16.0 Å². The Bertz CT molecular complexity index is 629. The molecule has 0 fully saturated rings. The third kappa shape index (κ3) is 6.57. The highest BCUT2D eigenvalue weighted by molar-refractivity contribution is 7.80. The van der Waals surface area contributed by atoms with Gasteiger partial charge in [-0.25, -0.2) is 9.59 Å². The van der Waals surface area contributed by atoms with Crippen molar-refractivity contribution in [1.29, 1.82) is 0 Å². The quantitative estimate of drug-likeness (QED) is 0.345. The van der Waals surface area contributed by atoms with E-state index < -0.39 is 11.9 Å². The summed E-state index contributed by atoms with van der Waals surface area (Å²) in [6.45, 7) is 4.65. The van der Waals surface area contributed by atoms with Crippen LogP contribution in [0.25, 0.3) is 0 Å². The van der Waals surface area contributed by atoms with Crippen LogP contribution in [-0.4, -0.2) is 37.8 Å². The largest absolute Gasteiger partial charge is 0.465 e. The zero-order valence-electron chi connectivity index (χ0n) is 15.9. The number of carbonyl (C=O) groups is 2. The second-order valence-corrected chi connectivity index (χ2v) is 7.32. The second kappa shape index (κ2) is 11.9. The molecule has 1 heterocycles. The number of hydrogen-bond donors (Lipinski definition) is 2. The third-order valence-corrected chi connectivity index (χ3v) is 5.38. The molecule has 0 amide bonds. The van der Waals surface area contributed by atoms with Crippen LogP contribution in [0.3, 0.4) is 0 Å². The molecule has 0 aliphatic carbocycles. The van der Waals surface area contributed by atoms with E-state index in [2.05, 4.69) is 17.6 Å². The zero-order chi connectivity index (χ0) is 19.5. The summed E-state index contributed by atoms with van der Waals surface area (Å²) in [5, 5.41) is 7.04. The van der Waals surface area contributed by atoms with E-state index in [0.29, 0.717) is 26.1 Å². The molecule has 0 aromatic carbocycles. The van der Waals surface area contributed by atoms with E-state index in [1.165, 1.54) is 39.9 Å². The molecule has 0 saturated heterocycles. The molecule has 0 aliphatic heterocycles. The summed E-state index contributed by atoms with van der Waals surface area (Å²) < 4.78 is 9.59. The predicted molar refractivity (Wildman–Crippen MR) is 109 cm³/mol. The average molecular weight is 401 g/mol. The Balaban J connectivity index is 2.66. The molecule has 0 saturated carbocycles. The Morgan fingerprint density at radius 3 is 2.27 bits per heavy atom. The summed E-state index contributed by atoms with van der Waals surface area (Å²) in [5.74, 6) is -1.01. The molecule has 8 heteroatoms. The number of esters is 2. The molecular weight excluding hydrogens is 372 g/mol. The van der Waals surface area contributed by atoms with E-state index in [9.17, 15) is 9.59 Å². The maximum atomic E-state index is 12.1. The van der Waals surface area contributed by atoms with Gasteiger partial charge in [-0.15, -0.1) is 11.3 Å². The van der Waals surface area contributed by atoms with Crippen LogP contribution >= 0.6 is 23.6 Å². The monoisotopic (exact) mass is 400 g/mol. The van der Waals surface area contributed by atoms with Gasteiger partial charge in [0.25, 0.3) is 0 Å². The van der Waals surface area contributed by atoms with E-state index in [1.807, 2.05) is 0 Å². The summed E-state index contributed by atoms with van der Waals surface area (Å²) in [6.07, 6.45) is 7.22. The van der Waals surface area contributed by atoms with Crippen molar-refractivity contribution in [2.75, 3.05) is 26.1 Å². The number of unbranched alkanes of at least 4 members (excludes halogenated alkanes) is 5. The lowest BCUT2D eigenvalue weighted by molar-refractivity contribution is 0.0601. The molecule has 0 atom stereocenters. The molecule has 0 unspecified atom stereocenters. The number of anilines is 1. The van der Waals surface area contributed by atoms with E-state index in [1.54, 1.807) is 6.92 Å². The molecule has 26 heavy (non-hydrogen) atoms. The predicted octanol–water partition coefficient (Wildman–Crippen LogP) is 4.28. The van der Waals surface area contributed by atoms with Crippen LogP contribution in [0, 0.1) is 6.92 Å². The van der Waals surface area contributed by atoms with Crippen LogP contribution in [0.5, 0.6) is 0 Å². The molecule has 2 N–H and O–H groups in total. The molecule has 0 bridgehead atoms. The van der Waals surface area contributed by atoms with Gasteiger partial charge < -0.3 is 20.1 Å². The first kappa shape index (κ1) is 22.4. The lowest BCUT2D eigenvalue weighted by Crippen LogP contribution is -2.29. The van der Waals surface area contributed by atoms with Crippen molar-refractivity contribution in [3.63, 3.8) is 0 Å². The first-order valence-electron chi connectivity index (χ1n) is 8.81. The molecule has 1 rings (SSSR count). The Labute approximate surface area is 164 Å². The summed E-state index contributed by atoms with van der Waals surface area (Å²) in [4.78, 5) is 24.3. The Morgan fingerprint density at radius 2 is 1.65 bits per heavy atom. The smallest absolute Gasteiger partial charge is 0.348 e. The van der Waals surface area contributed by atoms with Gasteiger partial charge in [-0.3, -0.25) is 0 Å². The average Bonchev–Trinajstić information content (AvgIpc) is 2.95. The maximum Gasteiger partial charge on any atom is 0.348 e. The fourth-order valence-corrected chi connectivity index (χ4v) is 3.88. The molecule has 146 valence electrons. The Kier molecular flexibility index (Phi) is 10.2. The zero-order valence-corrected chi connectivity index (χ0v) is 17.5. The van der Waals surface area contributed by atoms with Crippen LogP contribution < -0.4 is 10.6 Å². The number of nitrogens with one attached hydrogen (secondary N) is 2. The Morgan fingerprint density at radius 1 is 1.04 bits per heavy atom. The van der Waals surface area contributed by atoms with Gasteiger partial charge in [0.2, 0.25) is 0 Å². The van der Waals surface area contributed by atoms with Crippen LogP contribution in [0.15, 0.2) is 0 Å². The highest BCUT2D eigenvalue weighted by Gasteiger charge is 2.26. The van der Waals surface area contributed by atoms with Crippen molar-refractivity contribution in [1.82, 2.24) is 5.32 Å². The van der Waals surface area contributed by atoms with Gasteiger partial charge in [0.15, 0.2) is 5.11 Å². The highest BCUT2D eigenvalue weighted by atomic mass is 32.1. The Hall–Kier alpha value is -1.67. The number of hydrogen-bond acceptors (Lipinski definition) is 6. The standard InChI is InChI=1S/C18H28N2O4S2/c1-5-6-7-8-9-10-11-19-18(25)20-15-13(16(21)23-3)12(2)14(26-15)17(22)24-4/h5-11H2,1-4H3,(H2,19,20,25). The first-order valence-corrected chi connectivity index (χ1v) is 10.0. The fraction of sp³-hybridized carbons (Fsp3) is 0.611. The highest BCUT2D eigenvalue weighted by Crippen LogP contribution is 2.34. The van der Waals surface area contributed by atoms with Gasteiger partial charge in [0, 0.05) is 6.54 Å². The molecule has 1 aromatic heterocycles. The van der Waals surface area contributed by atoms with Gasteiger partial charge in [0.1, 0.15) is 9.88 Å². The number of carbonyl (C=O) groups excluding carboxylic acids is 2. The van der Waals surface area contributed by atoms with Gasteiger partial charge in [-0.05, 0) is 31.1 Å². The first-order chi connectivity index (χ1) is 12.5. The van der Waals surface area contributed by atoms with Gasteiger partial charge in [-0.2, -0.15) is 0 Å². The number of ether oxygens (including phenoxy) is 2. The van der Waals surface area contributed by atoms with Crippen molar-refractivity contribution >= 4 is 45.6 Å². The lowest BCUT2D eigenvalue weighted by Gasteiger charge is -2.10. The van der Waals surface area contributed by atoms with Crippen LogP contribution in [0.4, 0.5) is 5.00 Å². The lowest BCUT2D eigenvalue weighted by atomic mass is 10.1. The summed E-state index contributed by atoms with van der Waals surface area (Å²) >= 11 is 6.43. The number of thiophene rings is 1. The minimum atomic E-state index is -0.518. The van der Waals surface area contributed by atoms with E-state index in [-0.39, 0.29) is 0 Å². The SMILES string of the molecule is CCCCCCCCNC(=S)Nc1sc(C(=O)OC)c(C)c1C(=O)OC. The minimum Gasteiger partial charge on any atom is -0.465 e. The third-order valence-electron chi connectivity index (χ3n) is 3.95. The summed E-state index contributed by atoms with van der Waals surface area (Å²) in [6, 6.07) is 0. The second-order valence-electron chi connectivity index (χ2n) is 5.89. The molecule has 0 radical (unpaired) electrons.